The van der Waals surface area contributed by atoms with Gasteiger partial charge in [-0.1, -0.05) is 35.0 Å². The minimum absolute atomic E-state index is 0.0337. The van der Waals surface area contributed by atoms with E-state index >= 15 is 0 Å². The van der Waals surface area contributed by atoms with Crippen molar-refractivity contribution in [3.63, 3.8) is 0 Å². The molecule has 204 valence electrons. The summed E-state index contributed by atoms with van der Waals surface area (Å²) in [4.78, 5) is 34.9. The monoisotopic (exact) mass is 531 g/mol. The highest BCUT2D eigenvalue weighted by atomic mass is 16.5. The largest absolute Gasteiger partial charge is 0.450 e. The second-order valence-electron chi connectivity index (χ2n) is 8.66. The van der Waals surface area contributed by atoms with Crippen molar-refractivity contribution in [1.29, 1.82) is 0 Å². The summed E-state index contributed by atoms with van der Waals surface area (Å²) in [5.74, 6) is -0.0337. The number of ether oxygens (including phenoxy) is 1. The van der Waals surface area contributed by atoms with E-state index in [0.717, 1.165) is 29.8 Å². The molecular weight excluding hydrogens is 498 g/mol. The highest BCUT2D eigenvalue weighted by Crippen LogP contribution is 2.11. The quantitative estimate of drug-likeness (QED) is 0.316. The fourth-order valence-corrected chi connectivity index (χ4v) is 3.47. The summed E-state index contributed by atoms with van der Waals surface area (Å²) in [5.41, 5.74) is 3.94. The third-order valence-electron chi connectivity index (χ3n) is 5.42. The third-order valence-corrected chi connectivity index (χ3v) is 5.42. The van der Waals surface area contributed by atoms with Gasteiger partial charge < -0.3 is 10.1 Å². The van der Waals surface area contributed by atoms with Crippen LogP contribution in [-0.4, -0.2) is 49.9 Å². The van der Waals surface area contributed by atoms with Gasteiger partial charge >= 0.3 is 6.09 Å². The molecular formula is C28H33N7O4. The number of aryl methyl sites for hydroxylation is 3. The van der Waals surface area contributed by atoms with Crippen LogP contribution in [-0.2, 0) is 17.8 Å². The van der Waals surface area contributed by atoms with Crippen molar-refractivity contribution < 1.29 is 14.3 Å². The molecule has 2 amide bonds. The van der Waals surface area contributed by atoms with Crippen LogP contribution in [0.1, 0.15) is 40.5 Å². The van der Waals surface area contributed by atoms with E-state index in [1.54, 1.807) is 42.1 Å². The van der Waals surface area contributed by atoms with Gasteiger partial charge in [-0.05, 0) is 63.1 Å². The van der Waals surface area contributed by atoms with E-state index in [4.69, 9.17) is 4.74 Å². The third kappa shape index (κ3) is 9.88. The maximum absolute atomic E-state index is 11.8. The Morgan fingerprint density at radius 2 is 1.82 bits per heavy atom. The zero-order valence-electron chi connectivity index (χ0n) is 22.3. The van der Waals surface area contributed by atoms with Crippen molar-refractivity contribution in [3.8, 4) is 0 Å². The summed E-state index contributed by atoms with van der Waals surface area (Å²) < 4.78 is 7.96. The van der Waals surface area contributed by atoms with Gasteiger partial charge in [-0.3, -0.25) is 19.6 Å². The standard InChI is InChI=1S/C15H17N3O3.C13H16N4O/c1-3-21-15(20)16-13-6-4-5-12(9-13)10-18-14(19)8-7-11(2)17-18;1-11-3-5-12(6-4-11)13(18)14-7-2-9-17-10-8-15-16-17/h4-9H,3,10H2,1-2H3,(H,16,20);3-6,8,10H,2,7,9H2,1H3,(H,14,18). The molecule has 2 aromatic carbocycles. The van der Waals surface area contributed by atoms with E-state index in [-0.39, 0.29) is 11.5 Å². The second-order valence-corrected chi connectivity index (χ2v) is 8.66. The van der Waals surface area contributed by atoms with Gasteiger partial charge in [-0.15, -0.1) is 5.10 Å². The molecule has 0 radical (unpaired) electrons. The molecule has 0 bridgehead atoms. The summed E-state index contributed by atoms with van der Waals surface area (Å²) >= 11 is 0. The van der Waals surface area contributed by atoms with Gasteiger partial charge in [-0.25, -0.2) is 9.48 Å². The predicted molar refractivity (Wildman–Crippen MR) is 148 cm³/mol. The van der Waals surface area contributed by atoms with Crippen LogP contribution in [0.15, 0.2) is 77.9 Å². The molecule has 2 aromatic heterocycles. The maximum atomic E-state index is 11.8. The highest BCUT2D eigenvalue weighted by molar-refractivity contribution is 5.94. The molecule has 0 spiro atoms. The Hall–Kier alpha value is -4.80. The van der Waals surface area contributed by atoms with Crippen molar-refractivity contribution in [3.05, 3.63) is 106 Å². The highest BCUT2D eigenvalue weighted by Gasteiger charge is 2.05. The number of aromatic nitrogens is 5. The Labute approximate surface area is 226 Å². The molecule has 0 saturated heterocycles. The molecule has 39 heavy (non-hydrogen) atoms. The first-order valence-corrected chi connectivity index (χ1v) is 12.6. The number of amides is 2. The first kappa shape index (κ1) is 28.8. The molecule has 2 N–H and O–H groups in total. The van der Waals surface area contributed by atoms with Crippen LogP contribution >= 0.6 is 0 Å². The molecule has 11 nitrogen and oxygen atoms in total. The molecule has 0 saturated carbocycles. The summed E-state index contributed by atoms with van der Waals surface area (Å²) in [6.07, 6.45) is 3.79. The van der Waals surface area contributed by atoms with Crippen LogP contribution in [0.25, 0.3) is 0 Å². The number of hydrogen-bond acceptors (Lipinski definition) is 7. The second kappa shape index (κ2) is 14.8. The fraction of sp³-hybridized carbons (Fsp3) is 0.286. The minimum Gasteiger partial charge on any atom is -0.450 e. The average molecular weight is 532 g/mol. The zero-order chi connectivity index (χ0) is 28.0. The number of rotatable bonds is 9. The lowest BCUT2D eigenvalue weighted by Crippen LogP contribution is -2.25. The van der Waals surface area contributed by atoms with Crippen LogP contribution in [0, 0.1) is 13.8 Å². The van der Waals surface area contributed by atoms with E-state index in [1.165, 1.54) is 10.7 Å². The molecule has 0 unspecified atom stereocenters. The number of benzene rings is 2. The number of anilines is 1. The lowest BCUT2D eigenvalue weighted by atomic mass is 10.1. The normalized spacial score (nSPS) is 10.2. The van der Waals surface area contributed by atoms with Crippen LogP contribution in [0.2, 0.25) is 0 Å². The van der Waals surface area contributed by atoms with Crippen molar-refractivity contribution in [2.75, 3.05) is 18.5 Å². The van der Waals surface area contributed by atoms with Crippen molar-refractivity contribution >= 4 is 17.7 Å². The molecule has 4 rings (SSSR count). The molecule has 0 aliphatic heterocycles. The van der Waals surface area contributed by atoms with Crippen LogP contribution in [0.3, 0.4) is 0 Å². The van der Waals surface area contributed by atoms with Gasteiger partial charge in [0.1, 0.15) is 0 Å². The topological polar surface area (TPSA) is 133 Å². The maximum Gasteiger partial charge on any atom is 0.411 e. The molecule has 2 heterocycles. The molecule has 4 aromatic rings. The summed E-state index contributed by atoms with van der Waals surface area (Å²) in [6, 6.07) is 17.9. The van der Waals surface area contributed by atoms with Gasteiger partial charge in [0.25, 0.3) is 11.5 Å². The van der Waals surface area contributed by atoms with E-state index in [1.807, 2.05) is 50.4 Å². The lowest BCUT2D eigenvalue weighted by Gasteiger charge is -2.08. The van der Waals surface area contributed by atoms with E-state index in [0.29, 0.717) is 30.9 Å². The van der Waals surface area contributed by atoms with Crippen molar-refractivity contribution in [1.82, 2.24) is 30.1 Å². The lowest BCUT2D eigenvalue weighted by molar-refractivity contribution is 0.0952. The first-order valence-electron chi connectivity index (χ1n) is 12.6. The molecule has 0 aliphatic carbocycles. The van der Waals surface area contributed by atoms with Gasteiger partial charge in [0.05, 0.1) is 25.0 Å². The SMILES string of the molecule is CCOC(=O)Nc1cccc(Cn2nc(C)ccc2=O)c1.Cc1ccc(C(=O)NCCCn2ccnn2)cc1. The predicted octanol–water partition coefficient (Wildman–Crippen LogP) is 3.58. The van der Waals surface area contributed by atoms with Crippen molar-refractivity contribution in [2.24, 2.45) is 0 Å². The van der Waals surface area contributed by atoms with Crippen LogP contribution < -0.4 is 16.2 Å². The van der Waals surface area contributed by atoms with Gasteiger partial charge in [0.2, 0.25) is 0 Å². The summed E-state index contributed by atoms with van der Waals surface area (Å²) in [7, 11) is 0. The Kier molecular flexibility index (Phi) is 10.9. The Bertz CT molecular complexity index is 1400. The van der Waals surface area contributed by atoms with E-state index in [9.17, 15) is 14.4 Å². The Balaban J connectivity index is 0.000000218. The fourth-order valence-electron chi connectivity index (χ4n) is 3.47. The average Bonchev–Trinajstić information content (AvgIpc) is 3.43. The van der Waals surface area contributed by atoms with Gasteiger partial charge in [-0.2, -0.15) is 5.10 Å². The van der Waals surface area contributed by atoms with Gasteiger partial charge in [0, 0.05) is 36.6 Å². The number of carbonyl (C=O) groups excluding carboxylic acids is 2. The molecule has 0 atom stereocenters. The number of carbonyl (C=O) groups is 2. The van der Waals surface area contributed by atoms with E-state index in [2.05, 4.69) is 26.0 Å². The zero-order valence-corrected chi connectivity index (χ0v) is 22.3. The molecule has 0 fully saturated rings. The number of hydrogen-bond donors (Lipinski definition) is 2. The summed E-state index contributed by atoms with van der Waals surface area (Å²) in [6.45, 7) is 7.62. The summed E-state index contributed by atoms with van der Waals surface area (Å²) in [5, 5.41) is 17.3. The first-order chi connectivity index (χ1) is 18.8. The Morgan fingerprint density at radius 3 is 2.54 bits per heavy atom. The number of nitrogens with one attached hydrogen (secondary N) is 2. The number of nitrogens with zero attached hydrogens (tertiary/aromatic N) is 5. The minimum atomic E-state index is -0.500. The van der Waals surface area contributed by atoms with E-state index < -0.39 is 6.09 Å². The smallest absolute Gasteiger partial charge is 0.411 e. The van der Waals surface area contributed by atoms with Crippen LogP contribution in [0.5, 0.6) is 0 Å². The Morgan fingerprint density at radius 1 is 1.03 bits per heavy atom. The molecule has 0 aliphatic rings. The molecule has 11 heteroatoms. The van der Waals surface area contributed by atoms with Crippen LogP contribution in [0.4, 0.5) is 10.5 Å². The van der Waals surface area contributed by atoms with Gasteiger partial charge in [0.15, 0.2) is 0 Å². The van der Waals surface area contributed by atoms with Crippen molar-refractivity contribution in [2.45, 2.75) is 40.3 Å².